The van der Waals surface area contributed by atoms with Crippen molar-refractivity contribution in [2.45, 2.75) is 56.9 Å². The van der Waals surface area contributed by atoms with Gasteiger partial charge in [-0.15, -0.1) is 12.4 Å². The van der Waals surface area contributed by atoms with Gasteiger partial charge in [0.1, 0.15) is 0 Å². The van der Waals surface area contributed by atoms with Crippen molar-refractivity contribution in [2.24, 2.45) is 5.73 Å². The van der Waals surface area contributed by atoms with E-state index in [0.29, 0.717) is 25.2 Å². The summed E-state index contributed by atoms with van der Waals surface area (Å²) in [4.78, 5) is 12.6. The fraction of sp³-hybridized carbons (Fsp3) is 0.611. The zero-order chi connectivity index (χ0) is 18.4. The molecule has 0 aromatic heterocycles. The fourth-order valence-electron chi connectivity index (χ4n) is 3.14. The Morgan fingerprint density at radius 1 is 1.31 bits per heavy atom. The number of benzene rings is 1. The van der Waals surface area contributed by atoms with Gasteiger partial charge in [0, 0.05) is 24.7 Å². The maximum absolute atomic E-state index is 13.0. The van der Waals surface area contributed by atoms with Gasteiger partial charge in [0.25, 0.3) is 5.91 Å². The molecule has 0 bridgehead atoms. The highest BCUT2D eigenvalue weighted by Gasteiger charge is 2.31. The number of halogens is 1. The van der Waals surface area contributed by atoms with Crippen LogP contribution in [0.5, 0.6) is 0 Å². The second-order valence-electron chi connectivity index (χ2n) is 6.69. The van der Waals surface area contributed by atoms with Crippen molar-refractivity contribution in [2.75, 3.05) is 19.6 Å². The zero-order valence-corrected chi connectivity index (χ0v) is 17.2. The molecule has 148 valence electrons. The summed E-state index contributed by atoms with van der Waals surface area (Å²) in [7, 11) is -3.58. The van der Waals surface area contributed by atoms with Crippen molar-refractivity contribution < 1.29 is 13.2 Å². The number of hydrogen-bond donors (Lipinski definition) is 2. The van der Waals surface area contributed by atoms with Gasteiger partial charge in [0.2, 0.25) is 10.0 Å². The molecule has 3 N–H and O–H groups in total. The Labute approximate surface area is 163 Å². The number of sulfonamides is 1. The Balaban J connectivity index is 0.00000338. The van der Waals surface area contributed by atoms with Crippen LogP contribution in [0.25, 0.3) is 0 Å². The number of carbonyl (C=O) groups excluding carboxylic acids is 1. The average Bonchev–Trinajstić information content (AvgIpc) is 2.59. The predicted molar refractivity (Wildman–Crippen MR) is 106 cm³/mol. The van der Waals surface area contributed by atoms with E-state index in [9.17, 15) is 13.2 Å². The van der Waals surface area contributed by atoms with Gasteiger partial charge in [-0.2, -0.15) is 4.31 Å². The van der Waals surface area contributed by atoms with E-state index in [2.05, 4.69) is 5.32 Å². The first-order valence-electron chi connectivity index (χ1n) is 8.98. The molecule has 0 aliphatic carbocycles. The summed E-state index contributed by atoms with van der Waals surface area (Å²) in [6.07, 6.45) is 4.46. The number of hydrogen-bond acceptors (Lipinski definition) is 4. The van der Waals surface area contributed by atoms with Crippen LogP contribution in [0.2, 0.25) is 0 Å². The van der Waals surface area contributed by atoms with Crippen LogP contribution in [0, 0.1) is 6.92 Å². The molecule has 0 radical (unpaired) electrons. The van der Waals surface area contributed by atoms with E-state index in [-0.39, 0.29) is 29.3 Å². The summed E-state index contributed by atoms with van der Waals surface area (Å²) in [5.74, 6) is -0.238. The van der Waals surface area contributed by atoms with E-state index in [1.165, 1.54) is 6.07 Å². The Morgan fingerprint density at radius 2 is 2.04 bits per heavy atom. The minimum absolute atomic E-state index is 0. The van der Waals surface area contributed by atoms with Crippen molar-refractivity contribution in [3.8, 4) is 0 Å². The lowest BCUT2D eigenvalue weighted by molar-refractivity contribution is 0.0952. The van der Waals surface area contributed by atoms with Crippen LogP contribution in [-0.4, -0.2) is 44.3 Å². The topological polar surface area (TPSA) is 92.5 Å². The monoisotopic (exact) mass is 403 g/mol. The number of rotatable bonds is 7. The van der Waals surface area contributed by atoms with Crippen molar-refractivity contribution in [1.29, 1.82) is 0 Å². The second-order valence-corrected chi connectivity index (χ2v) is 8.58. The van der Waals surface area contributed by atoms with E-state index >= 15 is 0 Å². The molecule has 1 atom stereocenters. The molecule has 1 aliphatic rings. The number of nitrogens with zero attached hydrogens (tertiary/aromatic N) is 1. The minimum Gasteiger partial charge on any atom is -0.352 e. The van der Waals surface area contributed by atoms with Crippen LogP contribution < -0.4 is 11.1 Å². The Kier molecular flexibility index (Phi) is 9.03. The molecule has 1 aromatic carbocycles. The van der Waals surface area contributed by atoms with E-state index in [1.54, 1.807) is 16.4 Å². The van der Waals surface area contributed by atoms with E-state index in [0.717, 1.165) is 37.7 Å². The summed E-state index contributed by atoms with van der Waals surface area (Å²) in [5, 5.41) is 2.84. The van der Waals surface area contributed by atoms with Gasteiger partial charge in [-0.1, -0.05) is 12.5 Å². The molecule has 0 saturated carbocycles. The first kappa shape index (κ1) is 22.9. The average molecular weight is 404 g/mol. The van der Waals surface area contributed by atoms with Crippen molar-refractivity contribution in [1.82, 2.24) is 9.62 Å². The highest BCUT2D eigenvalue weighted by Crippen LogP contribution is 2.26. The maximum atomic E-state index is 13.0. The third-order valence-corrected chi connectivity index (χ3v) is 6.73. The van der Waals surface area contributed by atoms with Crippen LogP contribution in [0.15, 0.2) is 23.1 Å². The Bertz CT molecular complexity index is 710. The Hall–Kier alpha value is -1.15. The van der Waals surface area contributed by atoms with Crippen LogP contribution >= 0.6 is 12.4 Å². The SMILES string of the molecule is Cc1ccc(S(=O)(=O)N2CCCCC2C)cc1C(=O)NCCCCN.Cl. The number of piperidine rings is 1. The summed E-state index contributed by atoms with van der Waals surface area (Å²) >= 11 is 0. The van der Waals surface area contributed by atoms with E-state index in [1.807, 2.05) is 13.8 Å². The zero-order valence-electron chi connectivity index (χ0n) is 15.5. The van der Waals surface area contributed by atoms with E-state index in [4.69, 9.17) is 5.73 Å². The molecule has 1 heterocycles. The van der Waals surface area contributed by atoms with Gasteiger partial charge >= 0.3 is 0 Å². The van der Waals surface area contributed by atoms with Gasteiger partial charge in [-0.3, -0.25) is 4.79 Å². The van der Waals surface area contributed by atoms with Crippen LogP contribution in [0.3, 0.4) is 0 Å². The normalized spacial score (nSPS) is 18.2. The lowest BCUT2D eigenvalue weighted by Crippen LogP contribution is -2.42. The fourth-order valence-corrected chi connectivity index (χ4v) is 4.86. The molecule has 0 spiro atoms. The molecule has 2 rings (SSSR count). The first-order chi connectivity index (χ1) is 11.9. The number of aryl methyl sites for hydroxylation is 1. The molecule has 8 heteroatoms. The number of amides is 1. The van der Waals surface area contributed by atoms with Crippen LogP contribution in [0.4, 0.5) is 0 Å². The summed E-state index contributed by atoms with van der Waals surface area (Å²) < 4.78 is 27.5. The first-order valence-corrected chi connectivity index (χ1v) is 10.4. The molecule has 1 aliphatic heterocycles. The number of nitrogens with one attached hydrogen (secondary N) is 1. The standard InChI is InChI=1S/C18H29N3O3S.ClH/c1-14-8-9-16(13-17(14)18(22)20-11-5-4-10-19)25(23,24)21-12-6-3-7-15(21)2;/h8-9,13,15H,3-7,10-12,19H2,1-2H3,(H,20,22);1H. The summed E-state index contributed by atoms with van der Waals surface area (Å²) in [6.45, 7) is 5.43. The highest BCUT2D eigenvalue weighted by molar-refractivity contribution is 7.89. The molecule has 6 nitrogen and oxygen atoms in total. The lowest BCUT2D eigenvalue weighted by Gasteiger charge is -2.32. The van der Waals surface area contributed by atoms with Gasteiger partial charge in [-0.25, -0.2) is 8.42 Å². The lowest BCUT2D eigenvalue weighted by atomic mass is 10.1. The van der Waals surface area contributed by atoms with Gasteiger partial charge in [-0.05, 0) is 63.8 Å². The van der Waals surface area contributed by atoms with Crippen LogP contribution in [0.1, 0.15) is 54.9 Å². The van der Waals surface area contributed by atoms with E-state index < -0.39 is 10.0 Å². The molecule has 1 amide bonds. The predicted octanol–water partition coefficient (Wildman–Crippen LogP) is 2.45. The molecular weight excluding hydrogens is 374 g/mol. The van der Waals surface area contributed by atoms with Gasteiger partial charge < -0.3 is 11.1 Å². The third-order valence-electron chi connectivity index (χ3n) is 4.72. The second kappa shape index (κ2) is 10.3. The van der Waals surface area contributed by atoms with Crippen molar-refractivity contribution in [3.05, 3.63) is 29.3 Å². The smallest absolute Gasteiger partial charge is 0.251 e. The van der Waals surface area contributed by atoms with Crippen molar-refractivity contribution in [3.63, 3.8) is 0 Å². The molecular formula is C18H30ClN3O3S. The van der Waals surface area contributed by atoms with Gasteiger partial charge in [0.15, 0.2) is 0 Å². The highest BCUT2D eigenvalue weighted by atomic mass is 35.5. The number of unbranched alkanes of at least 4 members (excludes halogenated alkanes) is 1. The summed E-state index contributed by atoms with van der Waals surface area (Å²) in [6, 6.07) is 4.80. The number of nitrogens with two attached hydrogens (primary N) is 1. The summed E-state index contributed by atoms with van der Waals surface area (Å²) in [5.41, 5.74) is 6.63. The van der Waals surface area contributed by atoms with Crippen LogP contribution in [-0.2, 0) is 10.0 Å². The molecule has 1 aromatic rings. The maximum Gasteiger partial charge on any atom is 0.251 e. The molecule has 26 heavy (non-hydrogen) atoms. The number of carbonyl (C=O) groups is 1. The molecule has 1 fully saturated rings. The molecule has 1 unspecified atom stereocenters. The van der Waals surface area contributed by atoms with Gasteiger partial charge in [0.05, 0.1) is 4.90 Å². The van der Waals surface area contributed by atoms with Crippen molar-refractivity contribution >= 4 is 28.3 Å². The molecule has 1 saturated heterocycles. The Morgan fingerprint density at radius 3 is 2.69 bits per heavy atom. The minimum atomic E-state index is -3.58. The third kappa shape index (κ3) is 5.42. The quantitative estimate of drug-likeness (QED) is 0.684. The largest absolute Gasteiger partial charge is 0.352 e.